The van der Waals surface area contributed by atoms with Crippen LogP contribution in [0.1, 0.15) is 49.2 Å². The Bertz CT molecular complexity index is 1460. The first kappa shape index (κ1) is 28.0. The number of nitrogens with one attached hydrogen (secondary N) is 2. The molecule has 0 radical (unpaired) electrons. The summed E-state index contributed by atoms with van der Waals surface area (Å²) in [5, 5.41) is 11.6. The minimum atomic E-state index is -2.86. The third-order valence-corrected chi connectivity index (χ3v) is 6.57. The Morgan fingerprint density at radius 3 is 2.64 bits per heavy atom. The number of carbonyl (C=O) groups excluding carboxylic acids is 1. The fraction of sp³-hybridized carbons (Fsp3) is 0.333. The van der Waals surface area contributed by atoms with Crippen LogP contribution in [0.3, 0.4) is 0 Å². The molecule has 2 aromatic heterocycles. The molecule has 3 heterocycles. The molecule has 1 fully saturated rings. The number of alkyl halides is 2. The van der Waals surface area contributed by atoms with Gasteiger partial charge in [-0.3, -0.25) is 19.9 Å². The van der Waals surface area contributed by atoms with E-state index in [4.69, 9.17) is 4.74 Å². The van der Waals surface area contributed by atoms with Gasteiger partial charge in [0.25, 0.3) is 12.3 Å². The van der Waals surface area contributed by atoms with Crippen molar-refractivity contribution in [3.63, 3.8) is 0 Å². The van der Waals surface area contributed by atoms with E-state index in [0.717, 1.165) is 31.2 Å². The van der Waals surface area contributed by atoms with Gasteiger partial charge in [-0.2, -0.15) is 10.2 Å². The van der Waals surface area contributed by atoms with Crippen LogP contribution in [-0.4, -0.2) is 38.3 Å². The Morgan fingerprint density at radius 1 is 1.23 bits per heavy atom. The van der Waals surface area contributed by atoms with E-state index in [0.29, 0.717) is 16.7 Å². The summed E-state index contributed by atoms with van der Waals surface area (Å²) in [6.07, 6.45) is 2.09. The van der Waals surface area contributed by atoms with Crippen molar-refractivity contribution < 1.29 is 22.7 Å². The van der Waals surface area contributed by atoms with Crippen molar-refractivity contribution in [3.05, 3.63) is 53.7 Å². The molecular formula is C27H27F3N6O2S. The number of nitrogens with zero attached hydrogens (tertiary/aromatic N) is 4. The van der Waals surface area contributed by atoms with Gasteiger partial charge in [-0.05, 0) is 60.4 Å². The van der Waals surface area contributed by atoms with Gasteiger partial charge >= 0.3 is 0 Å². The van der Waals surface area contributed by atoms with Gasteiger partial charge in [0.2, 0.25) is 0 Å². The molecule has 39 heavy (non-hydrogen) atoms. The minimum Gasteiger partial charge on any atom is -0.494 e. The van der Waals surface area contributed by atoms with Crippen LogP contribution >= 0.6 is 11.8 Å². The Labute approximate surface area is 228 Å². The summed E-state index contributed by atoms with van der Waals surface area (Å²) in [5.74, 6) is 5.28. The molecule has 0 bridgehead atoms. The second-order valence-corrected chi connectivity index (χ2v) is 9.52. The quantitative estimate of drug-likeness (QED) is 0.399. The van der Waals surface area contributed by atoms with Gasteiger partial charge < -0.3 is 10.1 Å². The highest BCUT2D eigenvalue weighted by Crippen LogP contribution is 2.38. The Hall–Kier alpha value is -3.98. The van der Waals surface area contributed by atoms with Crippen LogP contribution in [0.25, 0.3) is 22.4 Å². The van der Waals surface area contributed by atoms with Crippen LogP contribution in [0.15, 0.2) is 41.8 Å². The molecule has 0 saturated heterocycles. The summed E-state index contributed by atoms with van der Waals surface area (Å²) < 4.78 is 49.1. The minimum absolute atomic E-state index is 0.0817. The summed E-state index contributed by atoms with van der Waals surface area (Å²) in [4.78, 5) is 17.1. The van der Waals surface area contributed by atoms with Crippen molar-refractivity contribution >= 4 is 22.7 Å². The molecule has 8 nitrogen and oxygen atoms in total. The van der Waals surface area contributed by atoms with E-state index in [1.54, 1.807) is 19.3 Å². The summed E-state index contributed by atoms with van der Waals surface area (Å²) in [6, 6.07) is 5.20. The first-order valence-electron chi connectivity index (χ1n) is 12.3. The summed E-state index contributed by atoms with van der Waals surface area (Å²) in [5.41, 5.74) is 2.31. The Balaban J connectivity index is 0.00000172. The number of aryl methyl sites for hydroxylation is 1. The van der Waals surface area contributed by atoms with E-state index in [1.165, 1.54) is 29.6 Å². The molecule has 204 valence electrons. The van der Waals surface area contributed by atoms with Crippen LogP contribution in [0.5, 0.6) is 5.75 Å². The zero-order chi connectivity index (χ0) is 28.1. The molecule has 1 atom stereocenters. The number of methoxy groups -OCH3 is 1. The lowest BCUT2D eigenvalue weighted by atomic mass is 9.94. The van der Waals surface area contributed by atoms with E-state index in [2.05, 4.69) is 37.8 Å². The maximum atomic E-state index is 15.3. The molecule has 0 spiro atoms. The van der Waals surface area contributed by atoms with Gasteiger partial charge in [0.15, 0.2) is 10.5 Å². The predicted octanol–water partition coefficient (Wildman–Crippen LogP) is 5.34. The number of rotatable bonds is 6. The van der Waals surface area contributed by atoms with Crippen LogP contribution in [0.4, 0.5) is 13.2 Å². The number of hydrazone groups is 1. The molecular weight excluding hydrogens is 529 g/mol. The van der Waals surface area contributed by atoms with E-state index >= 15 is 4.39 Å². The average molecular weight is 557 g/mol. The lowest BCUT2D eigenvalue weighted by molar-refractivity contribution is 0.0946. The maximum Gasteiger partial charge on any atom is 0.280 e. The molecule has 2 N–H and O–H groups in total. The second kappa shape index (κ2) is 12.3. The summed E-state index contributed by atoms with van der Waals surface area (Å²) >= 11 is 1.22. The number of aromatic nitrogens is 3. The first-order chi connectivity index (χ1) is 18.8. The number of thioether (sulfide) groups is 1. The number of amides is 1. The molecule has 1 unspecified atom stereocenters. The molecule has 1 amide bonds. The van der Waals surface area contributed by atoms with Crippen LogP contribution in [0.2, 0.25) is 0 Å². The number of benzene rings is 1. The van der Waals surface area contributed by atoms with E-state index in [9.17, 15) is 13.6 Å². The highest BCUT2D eigenvalue weighted by atomic mass is 32.2. The summed E-state index contributed by atoms with van der Waals surface area (Å²) in [6.45, 7) is 4.00. The highest BCUT2D eigenvalue weighted by molar-refractivity contribution is 8.15. The molecule has 1 aliphatic carbocycles. The topological polar surface area (TPSA) is 93.4 Å². The van der Waals surface area contributed by atoms with Crippen molar-refractivity contribution in [1.82, 2.24) is 25.5 Å². The number of ether oxygens (including phenoxy) is 1. The molecule has 2 aliphatic rings. The van der Waals surface area contributed by atoms with Crippen molar-refractivity contribution in [3.8, 4) is 40.0 Å². The smallest absolute Gasteiger partial charge is 0.280 e. The highest BCUT2D eigenvalue weighted by Gasteiger charge is 2.27. The third kappa shape index (κ3) is 6.54. The van der Waals surface area contributed by atoms with Gasteiger partial charge in [-0.1, -0.05) is 19.8 Å². The summed E-state index contributed by atoms with van der Waals surface area (Å²) in [7, 11) is 3.04. The van der Waals surface area contributed by atoms with Crippen molar-refractivity contribution in [2.75, 3.05) is 7.11 Å². The van der Waals surface area contributed by atoms with Crippen LogP contribution in [0, 0.1) is 23.6 Å². The van der Waals surface area contributed by atoms with Gasteiger partial charge in [-0.25, -0.2) is 13.2 Å². The normalized spacial score (nSPS) is 15.9. The van der Waals surface area contributed by atoms with Crippen molar-refractivity contribution in [2.45, 2.75) is 38.6 Å². The molecule has 12 heteroatoms. The first-order valence-corrected chi connectivity index (χ1v) is 13.2. The second-order valence-electron chi connectivity index (χ2n) is 8.42. The fourth-order valence-electron chi connectivity index (χ4n) is 3.68. The lowest BCUT2D eigenvalue weighted by Gasteiger charge is -2.17. The zero-order valence-electron chi connectivity index (χ0n) is 21.8. The van der Waals surface area contributed by atoms with Crippen LogP contribution < -0.4 is 15.5 Å². The SMILES string of the molecule is CC.COc1cnc(C(F)F)cc1-c1cc(-c2ccn(C)n2)c(F)cc1C(=O)NC1NN=C(C#CC2CC2)S1. The van der Waals surface area contributed by atoms with Gasteiger partial charge in [0.1, 0.15) is 17.3 Å². The molecule has 1 aromatic carbocycles. The fourth-order valence-corrected chi connectivity index (χ4v) is 4.40. The lowest BCUT2D eigenvalue weighted by Crippen LogP contribution is -2.38. The predicted molar refractivity (Wildman–Crippen MR) is 145 cm³/mol. The van der Waals surface area contributed by atoms with Crippen molar-refractivity contribution in [1.29, 1.82) is 0 Å². The van der Waals surface area contributed by atoms with Crippen LogP contribution in [-0.2, 0) is 7.05 Å². The van der Waals surface area contributed by atoms with Gasteiger partial charge in [-0.15, -0.1) is 0 Å². The third-order valence-electron chi connectivity index (χ3n) is 5.70. The Morgan fingerprint density at radius 2 is 2.00 bits per heavy atom. The standard InChI is InChI=1S/C25H21F3N6O2S.C2H6/c1-34-8-7-19(33-34)17-9-14(15-11-20(23(27)28)29-12-21(15)36-2)16(10-18(17)26)24(35)30-25-32-31-22(37-25)6-5-13-3-4-13;1-2/h7-13,23,25,32H,3-4H2,1-2H3,(H,30,35);1-2H3. The molecule has 1 aliphatic heterocycles. The van der Waals surface area contributed by atoms with Gasteiger partial charge in [0.05, 0.1) is 24.6 Å². The number of pyridine rings is 1. The largest absolute Gasteiger partial charge is 0.494 e. The number of hydrogen-bond donors (Lipinski definition) is 2. The Kier molecular flexibility index (Phi) is 8.81. The average Bonchev–Trinajstić information content (AvgIpc) is 3.51. The van der Waals surface area contributed by atoms with E-state index < -0.39 is 29.3 Å². The van der Waals surface area contributed by atoms with E-state index in [-0.39, 0.29) is 28.0 Å². The number of halogens is 3. The maximum absolute atomic E-state index is 15.3. The van der Waals surface area contributed by atoms with Gasteiger partial charge in [0, 0.05) is 30.3 Å². The molecule has 1 saturated carbocycles. The zero-order valence-corrected chi connectivity index (χ0v) is 22.6. The number of carbonyl (C=O) groups is 1. The monoisotopic (exact) mass is 556 g/mol. The molecule has 3 aromatic rings. The number of hydrogen-bond acceptors (Lipinski definition) is 7. The van der Waals surface area contributed by atoms with Crippen molar-refractivity contribution in [2.24, 2.45) is 18.1 Å². The molecule has 5 rings (SSSR count). The van der Waals surface area contributed by atoms with E-state index in [1.807, 2.05) is 13.8 Å².